The number of anilines is 1. The van der Waals surface area contributed by atoms with Crippen LogP contribution in [0.25, 0.3) is 0 Å². The van der Waals surface area contributed by atoms with Gasteiger partial charge in [0.15, 0.2) is 0 Å². The minimum absolute atomic E-state index is 0.0542. The zero-order chi connectivity index (χ0) is 17.3. The summed E-state index contributed by atoms with van der Waals surface area (Å²) in [5.74, 6) is 0.645. The molecule has 0 fully saturated rings. The molecule has 7 heteroatoms. The van der Waals surface area contributed by atoms with Gasteiger partial charge >= 0.3 is 0 Å². The lowest BCUT2D eigenvalue weighted by atomic mass is 10.0. The van der Waals surface area contributed by atoms with Gasteiger partial charge in [0.25, 0.3) is 10.0 Å². The van der Waals surface area contributed by atoms with Gasteiger partial charge in [-0.25, -0.2) is 12.8 Å². The number of nitrogens with zero attached hydrogens (tertiary/aromatic N) is 1. The molecule has 5 nitrogen and oxygen atoms in total. The van der Waals surface area contributed by atoms with Gasteiger partial charge < -0.3 is 9.47 Å². The summed E-state index contributed by atoms with van der Waals surface area (Å²) in [6, 6.07) is 8.27. The summed E-state index contributed by atoms with van der Waals surface area (Å²) >= 11 is 0. The van der Waals surface area contributed by atoms with Crippen molar-refractivity contribution in [3.63, 3.8) is 0 Å². The molecule has 1 heterocycles. The van der Waals surface area contributed by atoms with E-state index in [1.165, 1.54) is 23.5 Å². The Hall–Kier alpha value is -2.28. The fourth-order valence-corrected chi connectivity index (χ4v) is 4.41. The molecule has 0 aromatic heterocycles. The van der Waals surface area contributed by atoms with Gasteiger partial charge in [-0.1, -0.05) is 0 Å². The van der Waals surface area contributed by atoms with Crippen molar-refractivity contribution in [2.45, 2.75) is 17.7 Å². The second-order valence-corrected chi connectivity index (χ2v) is 7.32. The molecule has 0 saturated heterocycles. The molecule has 0 aliphatic carbocycles. The Morgan fingerprint density at radius 2 is 1.79 bits per heavy atom. The third kappa shape index (κ3) is 2.80. The Morgan fingerprint density at radius 1 is 1.08 bits per heavy atom. The Labute approximate surface area is 140 Å². The number of benzene rings is 2. The minimum atomic E-state index is -3.79. The molecule has 2 aromatic carbocycles. The van der Waals surface area contributed by atoms with E-state index in [1.54, 1.807) is 19.2 Å². The average Bonchev–Trinajstić information content (AvgIpc) is 2.60. The summed E-state index contributed by atoms with van der Waals surface area (Å²) < 4.78 is 51.1. The van der Waals surface area contributed by atoms with Crippen LogP contribution in [-0.4, -0.2) is 29.2 Å². The van der Waals surface area contributed by atoms with E-state index in [9.17, 15) is 12.8 Å². The summed E-state index contributed by atoms with van der Waals surface area (Å²) in [7, 11) is -0.726. The molecule has 0 radical (unpaired) electrons. The molecule has 0 N–H and O–H groups in total. The van der Waals surface area contributed by atoms with Crippen LogP contribution in [0.15, 0.2) is 41.3 Å². The first-order valence-corrected chi connectivity index (χ1v) is 8.94. The van der Waals surface area contributed by atoms with Crippen molar-refractivity contribution in [3.05, 3.63) is 47.8 Å². The van der Waals surface area contributed by atoms with Crippen molar-refractivity contribution in [2.24, 2.45) is 0 Å². The zero-order valence-electron chi connectivity index (χ0n) is 13.5. The summed E-state index contributed by atoms with van der Waals surface area (Å²) in [6.45, 7) is 0.350. The highest BCUT2D eigenvalue weighted by Gasteiger charge is 2.31. The molecule has 0 unspecified atom stereocenters. The number of rotatable bonds is 4. The van der Waals surface area contributed by atoms with E-state index in [0.717, 1.165) is 24.1 Å². The molecule has 0 saturated carbocycles. The van der Waals surface area contributed by atoms with Crippen LogP contribution in [0, 0.1) is 5.82 Å². The minimum Gasteiger partial charge on any atom is -0.497 e. The Kier molecular flexibility index (Phi) is 4.36. The van der Waals surface area contributed by atoms with Gasteiger partial charge in [-0.15, -0.1) is 0 Å². The fraction of sp³-hybridized carbons (Fsp3) is 0.294. The van der Waals surface area contributed by atoms with Gasteiger partial charge in [-0.05, 0) is 37.1 Å². The summed E-state index contributed by atoms with van der Waals surface area (Å²) in [5.41, 5.74) is 1.37. The fourth-order valence-electron chi connectivity index (χ4n) is 2.88. The molecule has 0 bridgehead atoms. The normalized spacial score (nSPS) is 14.2. The van der Waals surface area contributed by atoms with E-state index in [4.69, 9.17) is 9.47 Å². The Balaban J connectivity index is 2.13. The molecule has 0 amide bonds. The lowest BCUT2D eigenvalue weighted by Gasteiger charge is -2.31. The SMILES string of the molecule is COc1cc(OC)c2c(c1)N(S(=O)(=O)c1ccc(F)cc1)CCC2. The van der Waals surface area contributed by atoms with Gasteiger partial charge in [-0.3, -0.25) is 4.31 Å². The molecule has 24 heavy (non-hydrogen) atoms. The maximum absolute atomic E-state index is 13.1. The third-order valence-corrected chi connectivity index (χ3v) is 5.90. The Morgan fingerprint density at radius 3 is 2.42 bits per heavy atom. The molecule has 1 aliphatic rings. The molecule has 2 aromatic rings. The summed E-state index contributed by atoms with van der Waals surface area (Å²) in [5, 5.41) is 0. The predicted octanol–water partition coefficient (Wildman–Crippen LogP) is 2.98. The second kappa shape index (κ2) is 6.32. The van der Waals surface area contributed by atoms with Crippen molar-refractivity contribution in [2.75, 3.05) is 25.1 Å². The van der Waals surface area contributed by atoms with Crippen LogP contribution in [0.5, 0.6) is 11.5 Å². The molecule has 0 spiro atoms. The Bertz CT molecular complexity index is 850. The van der Waals surface area contributed by atoms with Crippen LogP contribution >= 0.6 is 0 Å². The van der Waals surface area contributed by atoms with Crippen molar-refractivity contribution < 1.29 is 22.3 Å². The lowest BCUT2D eigenvalue weighted by Crippen LogP contribution is -2.35. The third-order valence-electron chi connectivity index (χ3n) is 4.07. The molecular weight excluding hydrogens is 333 g/mol. The number of methoxy groups -OCH3 is 2. The first-order chi connectivity index (χ1) is 11.5. The monoisotopic (exact) mass is 351 g/mol. The van der Waals surface area contributed by atoms with Crippen LogP contribution in [0.3, 0.4) is 0 Å². The number of ether oxygens (including phenoxy) is 2. The maximum atomic E-state index is 13.1. The second-order valence-electron chi connectivity index (χ2n) is 5.46. The highest BCUT2D eigenvalue weighted by molar-refractivity contribution is 7.92. The molecule has 1 aliphatic heterocycles. The van der Waals surface area contributed by atoms with Gasteiger partial charge in [0.05, 0.1) is 24.8 Å². The summed E-state index contributed by atoms with van der Waals surface area (Å²) in [4.78, 5) is 0.0542. The van der Waals surface area contributed by atoms with Crippen LogP contribution in [0.4, 0.5) is 10.1 Å². The highest BCUT2D eigenvalue weighted by atomic mass is 32.2. The first kappa shape index (κ1) is 16.6. The van der Waals surface area contributed by atoms with E-state index < -0.39 is 15.8 Å². The number of fused-ring (bicyclic) bond motifs is 1. The van der Waals surface area contributed by atoms with Crippen LogP contribution in [-0.2, 0) is 16.4 Å². The van der Waals surface area contributed by atoms with E-state index in [-0.39, 0.29) is 4.90 Å². The van der Waals surface area contributed by atoms with Gasteiger partial charge in [0.2, 0.25) is 0 Å². The van der Waals surface area contributed by atoms with Crippen molar-refractivity contribution >= 4 is 15.7 Å². The number of halogens is 1. The largest absolute Gasteiger partial charge is 0.497 e. The van der Waals surface area contributed by atoms with Crippen molar-refractivity contribution in [1.29, 1.82) is 0 Å². The van der Waals surface area contributed by atoms with E-state index >= 15 is 0 Å². The van der Waals surface area contributed by atoms with Crippen LogP contribution < -0.4 is 13.8 Å². The van der Waals surface area contributed by atoms with Gasteiger partial charge in [0.1, 0.15) is 17.3 Å². The van der Waals surface area contributed by atoms with Gasteiger partial charge in [0, 0.05) is 24.2 Å². The first-order valence-electron chi connectivity index (χ1n) is 7.50. The smallest absolute Gasteiger partial charge is 0.264 e. The number of hydrogen-bond acceptors (Lipinski definition) is 4. The van der Waals surface area contributed by atoms with E-state index in [2.05, 4.69) is 0 Å². The predicted molar refractivity (Wildman–Crippen MR) is 88.8 cm³/mol. The number of sulfonamides is 1. The zero-order valence-corrected chi connectivity index (χ0v) is 14.3. The summed E-state index contributed by atoms with van der Waals surface area (Å²) in [6.07, 6.45) is 1.40. The maximum Gasteiger partial charge on any atom is 0.264 e. The molecule has 128 valence electrons. The van der Waals surface area contributed by atoms with Crippen LogP contribution in [0.2, 0.25) is 0 Å². The topological polar surface area (TPSA) is 55.8 Å². The standard InChI is InChI=1S/C17H18FNO4S/c1-22-13-10-16-15(17(11-13)23-2)4-3-9-19(16)24(20,21)14-7-5-12(18)6-8-14/h5-8,10-11H,3-4,9H2,1-2H3. The van der Waals surface area contributed by atoms with E-state index in [1.807, 2.05) is 0 Å². The van der Waals surface area contributed by atoms with Crippen LogP contribution in [0.1, 0.15) is 12.0 Å². The molecular formula is C17H18FNO4S. The quantitative estimate of drug-likeness (QED) is 0.850. The van der Waals surface area contributed by atoms with Crippen molar-refractivity contribution in [1.82, 2.24) is 0 Å². The van der Waals surface area contributed by atoms with Crippen molar-refractivity contribution in [3.8, 4) is 11.5 Å². The van der Waals surface area contributed by atoms with E-state index in [0.29, 0.717) is 30.2 Å². The van der Waals surface area contributed by atoms with Gasteiger partial charge in [-0.2, -0.15) is 0 Å². The molecule has 0 atom stereocenters. The number of hydrogen-bond donors (Lipinski definition) is 0. The average molecular weight is 351 g/mol. The lowest BCUT2D eigenvalue weighted by molar-refractivity contribution is 0.390. The molecule has 3 rings (SSSR count). The highest BCUT2D eigenvalue weighted by Crippen LogP contribution is 2.40.